The average Bonchev–Trinajstić information content (AvgIpc) is 1.98. The summed E-state index contributed by atoms with van der Waals surface area (Å²) < 4.78 is 0. The molecular formula is C10H21NO2. The number of rotatable bonds is 6. The molecule has 2 N–H and O–H groups in total. The van der Waals surface area contributed by atoms with Crippen molar-refractivity contribution in [3.63, 3.8) is 0 Å². The number of hydrogen-bond acceptors (Lipinski definition) is 3. The predicted octanol–water partition coefficient (Wildman–Crippen LogP) is 2.41. The van der Waals surface area contributed by atoms with Gasteiger partial charge in [0, 0.05) is 6.21 Å². The monoisotopic (exact) mass is 187 g/mol. The molecule has 0 saturated heterocycles. The van der Waals surface area contributed by atoms with Gasteiger partial charge in [-0.1, -0.05) is 19.8 Å². The van der Waals surface area contributed by atoms with Gasteiger partial charge in [-0.3, -0.25) is 0 Å². The van der Waals surface area contributed by atoms with Crippen molar-refractivity contribution in [2.45, 2.75) is 52.1 Å². The highest BCUT2D eigenvalue weighted by molar-refractivity contribution is 5.56. The van der Waals surface area contributed by atoms with Crippen LogP contribution >= 0.6 is 0 Å². The van der Waals surface area contributed by atoms with Crippen molar-refractivity contribution in [3.05, 3.63) is 0 Å². The molecule has 3 heteroatoms. The van der Waals surface area contributed by atoms with E-state index in [4.69, 9.17) is 5.21 Å². The molecule has 0 radical (unpaired) electrons. The molecule has 0 spiro atoms. The summed E-state index contributed by atoms with van der Waals surface area (Å²) in [5, 5.41) is 20.6. The zero-order valence-electron chi connectivity index (χ0n) is 8.82. The molecule has 0 aliphatic carbocycles. The summed E-state index contributed by atoms with van der Waals surface area (Å²) in [5.74, 6) is 0.526. The molecule has 0 aromatic rings. The second-order valence-corrected chi connectivity index (χ2v) is 4.34. The van der Waals surface area contributed by atoms with E-state index in [9.17, 15) is 5.11 Å². The van der Waals surface area contributed by atoms with Crippen molar-refractivity contribution in [1.29, 1.82) is 0 Å². The summed E-state index contributed by atoms with van der Waals surface area (Å²) >= 11 is 0. The van der Waals surface area contributed by atoms with Crippen molar-refractivity contribution in [2.75, 3.05) is 0 Å². The number of aliphatic hydroxyl groups is 1. The van der Waals surface area contributed by atoms with Gasteiger partial charge in [0.1, 0.15) is 0 Å². The van der Waals surface area contributed by atoms with Gasteiger partial charge in [-0.25, -0.2) is 0 Å². The van der Waals surface area contributed by atoms with E-state index in [2.05, 4.69) is 12.1 Å². The molecule has 13 heavy (non-hydrogen) atoms. The van der Waals surface area contributed by atoms with E-state index in [0.29, 0.717) is 5.92 Å². The van der Waals surface area contributed by atoms with E-state index in [1.165, 1.54) is 6.21 Å². The largest absolute Gasteiger partial charge is 0.411 e. The summed E-state index contributed by atoms with van der Waals surface area (Å²) in [5.41, 5.74) is -0.551. The molecule has 0 aliphatic heterocycles. The lowest BCUT2D eigenvalue weighted by atomic mass is 9.95. The Morgan fingerprint density at radius 3 is 2.54 bits per heavy atom. The van der Waals surface area contributed by atoms with Gasteiger partial charge in [-0.05, 0) is 32.6 Å². The Morgan fingerprint density at radius 1 is 1.46 bits per heavy atom. The van der Waals surface area contributed by atoms with Crippen LogP contribution in [0.3, 0.4) is 0 Å². The number of oxime groups is 1. The zero-order valence-corrected chi connectivity index (χ0v) is 8.82. The summed E-state index contributed by atoms with van der Waals surface area (Å²) in [6.45, 7) is 5.77. The van der Waals surface area contributed by atoms with Crippen LogP contribution in [-0.4, -0.2) is 22.1 Å². The van der Waals surface area contributed by atoms with Gasteiger partial charge in [0.25, 0.3) is 0 Å². The Morgan fingerprint density at radius 2 is 2.08 bits per heavy atom. The Balaban J connectivity index is 3.42. The lowest BCUT2D eigenvalue weighted by Crippen LogP contribution is -2.18. The quantitative estimate of drug-likeness (QED) is 0.381. The normalized spacial score (nSPS) is 15.1. The predicted molar refractivity (Wildman–Crippen MR) is 54.2 cm³/mol. The van der Waals surface area contributed by atoms with Crippen molar-refractivity contribution in [3.8, 4) is 0 Å². The second-order valence-electron chi connectivity index (χ2n) is 4.34. The lowest BCUT2D eigenvalue weighted by molar-refractivity contribution is 0.0671. The molecule has 0 bridgehead atoms. The molecule has 0 heterocycles. The van der Waals surface area contributed by atoms with Crippen LogP contribution in [0.15, 0.2) is 5.16 Å². The summed E-state index contributed by atoms with van der Waals surface area (Å²) in [6.07, 6.45) is 5.24. The minimum atomic E-state index is -0.551. The zero-order chi connectivity index (χ0) is 10.3. The fraction of sp³-hybridized carbons (Fsp3) is 0.900. The first kappa shape index (κ1) is 12.4. The minimum Gasteiger partial charge on any atom is -0.411 e. The van der Waals surface area contributed by atoms with E-state index >= 15 is 0 Å². The highest BCUT2D eigenvalue weighted by Gasteiger charge is 2.12. The van der Waals surface area contributed by atoms with E-state index < -0.39 is 5.60 Å². The van der Waals surface area contributed by atoms with Crippen molar-refractivity contribution < 1.29 is 10.3 Å². The van der Waals surface area contributed by atoms with E-state index in [1.807, 2.05) is 13.8 Å². The van der Waals surface area contributed by atoms with Gasteiger partial charge in [0.2, 0.25) is 0 Å². The SMILES string of the molecule is CC(C/C=N\O)CCCC(C)(C)O. The van der Waals surface area contributed by atoms with Crippen LogP contribution < -0.4 is 0 Å². The molecule has 1 atom stereocenters. The van der Waals surface area contributed by atoms with Gasteiger partial charge in [0.15, 0.2) is 0 Å². The average molecular weight is 187 g/mol. The summed E-state index contributed by atoms with van der Waals surface area (Å²) in [7, 11) is 0. The summed E-state index contributed by atoms with van der Waals surface area (Å²) in [4.78, 5) is 0. The first-order valence-electron chi connectivity index (χ1n) is 4.84. The standard InChI is InChI=1S/C10H21NO2/c1-9(6-8-11-13)5-4-7-10(2,3)12/h8-9,12-13H,4-7H2,1-3H3/b11-8-. The molecule has 0 amide bonds. The van der Waals surface area contributed by atoms with Gasteiger partial charge in [-0.15, -0.1) is 5.16 Å². The maximum atomic E-state index is 9.44. The van der Waals surface area contributed by atoms with Gasteiger partial charge < -0.3 is 10.3 Å². The molecule has 0 aromatic heterocycles. The highest BCUT2D eigenvalue weighted by atomic mass is 16.4. The van der Waals surface area contributed by atoms with Crippen LogP contribution in [0.25, 0.3) is 0 Å². The third-order valence-corrected chi connectivity index (χ3v) is 2.07. The van der Waals surface area contributed by atoms with Crippen molar-refractivity contribution in [2.24, 2.45) is 11.1 Å². The maximum absolute atomic E-state index is 9.44. The minimum absolute atomic E-state index is 0.526. The smallest absolute Gasteiger partial charge is 0.0591 e. The van der Waals surface area contributed by atoms with Crippen LogP contribution in [0.1, 0.15) is 46.5 Å². The Kier molecular flexibility index (Phi) is 5.71. The Hall–Kier alpha value is -0.570. The van der Waals surface area contributed by atoms with Crippen LogP contribution in [0, 0.1) is 5.92 Å². The van der Waals surface area contributed by atoms with Crippen LogP contribution in [-0.2, 0) is 0 Å². The molecule has 0 fully saturated rings. The second kappa shape index (κ2) is 5.97. The van der Waals surface area contributed by atoms with Crippen LogP contribution in [0.2, 0.25) is 0 Å². The van der Waals surface area contributed by atoms with E-state index in [0.717, 1.165) is 25.7 Å². The molecule has 1 unspecified atom stereocenters. The van der Waals surface area contributed by atoms with Crippen LogP contribution in [0.4, 0.5) is 0 Å². The molecule has 3 nitrogen and oxygen atoms in total. The molecule has 78 valence electrons. The molecule has 0 rings (SSSR count). The number of nitrogens with zero attached hydrogens (tertiary/aromatic N) is 1. The summed E-state index contributed by atoms with van der Waals surface area (Å²) in [6, 6.07) is 0. The van der Waals surface area contributed by atoms with Crippen LogP contribution in [0.5, 0.6) is 0 Å². The van der Waals surface area contributed by atoms with E-state index in [-0.39, 0.29) is 0 Å². The first-order chi connectivity index (χ1) is 5.95. The Labute approximate surface area is 80.5 Å². The fourth-order valence-corrected chi connectivity index (χ4v) is 1.23. The topological polar surface area (TPSA) is 52.8 Å². The third-order valence-electron chi connectivity index (χ3n) is 2.07. The van der Waals surface area contributed by atoms with E-state index in [1.54, 1.807) is 0 Å². The molecule has 0 saturated carbocycles. The van der Waals surface area contributed by atoms with Gasteiger partial charge in [-0.2, -0.15) is 0 Å². The maximum Gasteiger partial charge on any atom is 0.0591 e. The first-order valence-corrected chi connectivity index (χ1v) is 4.84. The lowest BCUT2D eigenvalue weighted by Gasteiger charge is -2.17. The number of hydrogen-bond donors (Lipinski definition) is 2. The van der Waals surface area contributed by atoms with Gasteiger partial charge in [0.05, 0.1) is 5.60 Å². The highest BCUT2D eigenvalue weighted by Crippen LogP contribution is 2.16. The molecule has 0 aromatic carbocycles. The van der Waals surface area contributed by atoms with Crippen molar-refractivity contribution >= 4 is 6.21 Å². The van der Waals surface area contributed by atoms with Gasteiger partial charge >= 0.3 is 0 Å². The fourth-order valence-electron chi connectivity index (χ4n) is 1.23. The van der Waals surface area contributed by atoms with Crippen molar-refractivity contribution in [1.82, 2.24) is 0 Å². The molecular weight excluding hydrogens is 166 g/mol. The third kappa shape index (κ3) is 9.34. The molecule has 0 aliphatic rings. The Bertz CT molecular complexity index is 149.